The molecule has 2 aliphatic heterocycles. The Morgan fingerprint density at radius 1 is 1.37 bits per heavy atom. The Balaban J connectivity index is 1.95. The first-order valence-corrected chi connectivity index (χ1v) is 6.91. The van der Waals surface area contributed by atoms with E-state index in [0.29, 0.717) is 12.8 Å². The molecule has 1 aromatic carbocycles. The van der Waals surface area contributed by atoms with Gasteiger partial charge in [0, 0.05) is 19.6 Å². The number of fused-ring (bicyclic) bond motifs is 1. The van der Waals surface area contributed by atoms with Gasteiger partial charge in [-0.25, -0.2) is 5.01 Å². The first-order chi connectivity index (χ1) is 9.15. The number of hydrogen-bond donors (Lipinski definition) is 1. The van der Waals surface area contributed by atoms with E-state index in [1.54, 1.807) is 0 Å². The highest BCUT2D eigenvalue weighted by molar-refractivity contribution is 5.79. The summed E-state index contributed by atoms with van der Waals surface area (Å²) in [4.78, 5) is 12.1. The molecule has 2 atom stereocenters. The van der Waals surface area contributed by atoms with Crippen LogP contribution in [0.25, 0.3) is 0 Å². The second-order valence-electron chi connectivity index (χ2n) is 5.72. The molecule has 102 valence electrons. The van der Waals surface area contributed by atoms with Crippen LogP contribution in [0.2, 0.25) is 0 Å². The lowest BCUT2D eigenvalue weighted by molar-refractivity contribution is -0.144. The zero-order valence-electron chi connectivity index (χ0n) is 11.2. The highest BCUT2D eigenvalue weighted by Crippen LogP contribution is 2.46. The van der Waals surface area contributed by atoms with Crippen molar-refractivity contribution in [3.63, 3.8) is 0 Å². The van der Waals surface area contributed by atoms with Crippen LogP contribution in [-0.2, 0) is 4.79 Å². The molecule has 19 heavy (non-hydrogen) atoms. The molecule has 4 heteroatoms. The molecule has 1 amide bonds. The van der Waals surface area contributed by atoms with Gasteiger partial charge in [0.25, 0.3) is 0 Å². The highest BCUT2D eigenvalue weighted by atomic mass is 16.3. The molecule has 4 nitrogen and oxygen atoms in total. The van der Waals surface area contributed by atoms with E-state index in [-0.39, 0.29) is 24.1 Å². The summed E-state index contributed by atoms with van der Waals surface area (Å²) >= 11 is 0. The van der Waals surface area contributed by atoms with Crippen LogP contribution in [0.5, 0.6) is 0 Å². The lowest BCUT2D eigenvalue weighted by Crippen LogP contribution is -2.47. The van der Waals surface area contributed by atoms with Crippen LogP contribution in [-0.4, -0.2) is 39.7 Å². The van der Waals surface area contributed by atoms with Crippen molar-refractivity contribution in [3.05, 3.63) is 35.9 Å². The zero-order chi connectivity index (χ0) is 13.5. The van der Waals surface area contributed by atoms with Crippen molar-refractivity contribution in [2.45, 2.75) is 37.8 Å². The molecule has 2 aliphatic rings. The number of hydrogen-bond acceptors (Lipinski definition) is 3. The predicted molar refractivity (Wildman–Crippen MR) is 72.1 cm³/mol. The summed E-state index contributed by atoms with van der Waals surface area (Å²) in [6, 6.07) is 10.6. The summed E-state index contributed by atoms with van der Waals surface area (Å²) in [6.45, 7) is 3.00. The van der Waals surface area contributed by atoms with Gasteiger partial charge in [-0.1, -0.05) is 30.3 Å². The Bertz CT molecular complexity index is 476. The van der Waals surface area contributed by atoms with E-state index >= 15 is 0 Å². The van der Waals surface area contributed by atoms with Crippen molar-refractivity contribution < 1.29 is 9.90 Å². The minimum Gasteiger partial charge on any atom is -0.396 e. The second-order valence-corrected chi connectivity index (χ2v) is 5.72. The number of aliphatic hydroxyl groups excluding tert-OH is 1. The van der Waals surface area contributed by atoms with Crippen LogP contribution in [0, 0.1) is 0 Å². The Morgan fingerprint density at radius 2 is 2.11 bits per heavy atom. The average Bonchev–Trinajstić information content (AvgIpc) is 2.92. The first-order valence-electron chi connectivity index (χ1n) is 6.91. The van der Waals surface area contributed by atoms with Crippen molar-refractivity contribution in [2.75, 3.05) is 13.2 Å². The third-order valence-corrected chi connectivity index (χ3v) is 4.39. The molecule has 2 fully saturated rings. The summed E-state index contributed by atoms with van der Waals surface area (Å²) in [6.07, 6.45) is 2.12. The number of amides is 1. The highest BCUT2D eigenvalue weighted by Gasteiger charge is 2.52. The van der Waals surface area contributed by atoms with Crippen LogP contribution >= 0.6 is 0 Å². The van der Waals surface area contributed by atoms with Gasteiger partial charge in [-0.2, -0.15) is 0 Å². The van der Waals surface area contributed by atoms with Gasteiger partial charge in [0.15, 0.2) is 0 Å². The minimum absolute atomic E-state index is 0.121. The third kappa shape index (κ3) is 1.95. The maximum absolute atomic E-state index is 12.1. The van der Waals surface area contributed by atoms with E-state index in [1.165, 1.54) is 5.56 Å². The van der Waals surface area contributed by atoms with Crippen molar-refractivity contribution >= 4 is 5.91 Å². The van der Waals surface area contributed by atoms with Gasteiger partial charge in [-0.05, 0) is 25.3 Å². The molecule has 0 aliphatic carbocycles. The van der Waals surface area contributed by atoms with E-state index in [2.05, 4.69) is 24.1 Å². The van der Waals surface area contributed by atoms with Crippen molar-refractivity contribution in [1.29, 1.82) is 0 Å². The number of benzene rings is 1. The van der Waals surface area contributed by atoms with Gasteiger partial charge in [-0.15, -0.1) is 0 Å². The molecule has 0 radical (unpaired) electrons. The number of carbonyl (C=O) groups is 1. The summed E-state index contributed by atoms with van der Waals surface area (Å²) in [5.74, 6) is 0.189. The molecule has 2 saturated heterocycles. The van der Waals surface area contributed by atoms with Gasteiger partial charge in [0.1, 0.15) is 0 Å². The Hall–Kier alpha value is -1.39. The Kier molecular flexibility index (Phi) is 3.07. The van der Waals surface area contributed by atoms with Crippen molar-refractivity contribution in [3.8, 4) is 0 Å². The lowest BCUT2D eigenvalue weighted by atomic mass is 9.88. The SMILES string of the molecule is C[C@]1(CCO)C[C@H](c2ccccc2)N2CCC(=O)N21. The van der Waals surface area contributed by atoms with Crippen LogP contribution in [0.3, 0.4) is 0 Å². The molecule has 1 aromatic rings. The van der Waals surface area contributed by atoms with E-state index in [9.17, 15) is 9.90 Å². The molecular formula is C15H20N2O2. The standard InChI is InChI=1S/C15H20N2O2/c1-15(8-10-18)11-13(12-5-3-2-4-6-12)16-9-7-14(19)17(15)16/h2-6,13,18H,7-11H2,1H3/t13-,15+/m1/s1. The van der Waals surface area contributed by atoms with Gasteiger partial charge in [-0.3, -0.25) is 9.80 Å². The van der Waals surface area contributed by atoms with E-state index in [1.807, 2.05) is 23.2 Å². The summed E-state index contributed by atoms with van der Waals surface area (Å²) in [5.41, 5.74) is 1.01. The normalized spacial score (nSPS) is 30.9. The van der Waals surface area contributed by atoms with E-state index in [4.69, 9.17) is 0 Å². The first kappa shape index (κ1) is 12.6. The maximum Gasteiger partial charge on any atom is 0.238 e. The summed E-state index contributed by atoms with van der Waals surface area (Å²) in [7, 11) is 0. The summed E-state index contributed by atoms with van der Waals surface area (Å²) < 4.78 is 0. The fourth-order valence-electron chi connectivity index (χ4n) is 3.49. The molecule has 0 bridgehead atoms. The molecule has 1 N–H and O–H groups in total. The zero-order valence-corrected chi connectivity index (χ0v) is 11.2. The van der Waals surface area contributed by atoms with Gasteiger partial charge in [0.2, 0.25) is 5.91 Å². The Morgan fingerprint density at radius 3 is 2.79 bits per heavy atom. The quantitative estimate of drug-likeness (QED) is 0.900. The van der Waals surface area contributed by atoms with Gasteiger partial charge >= 0.3 is 0 Å². The number of rotatable bonds is 3. The average molecular weight is 260 g/mol. The Labute approximate surface area is 113 Å². The van der Waals surface area contributed by atoms with Crippen molar-refractivity contribution in [1.82, 2.24) is 10.0 Å². The lowest BCUT2D eigenvalue weighted by Gasteiger charge is -2.34. The molecule has 0 unspecified atom stereocenters. The fraction of sp³-hybridized carbons (Fsp3) is 0.533. The molecule has 0 saturated carbocycles. The third-order valence-electron chi connectivity index (χ3n) is 4.39. The largest absolute Gasteiger partial charge is 0.396 e. The van der Waals surface area contributed by atoms with Crippen molar-refractivity contribution in [2.24, 2.45) is 0 Å². The van der Waals surface area contributed by atoms with Gasteiger partial charge < -0.3 is 5.11 Å². The minimum atomic E-state index is -0.247. The fourth-order valence-corrected chi connectivity index (χ4v) is 3.49. The number of nitrogens with zero attached hydrogens (tertiary/aromatic N) is 2. The topological polar surface area (TPSA) is 43.8 Å². The van der Waals surface area contributed by atoms with Crippen LogP contribution in [0.1, 0.15) is 37.8 Å². The number of hydrazine groups is 1. The van der Waals surface area contributed by atoms with E-state index in [0.717, 1.165) is 13.0 Å². The van der Waals surface area contributed by atoms with Crippen LogP contribution in [0.15, 0.2) is 30.3 Å². The van der Waals surface area contributed by atoms with Crippen LogP contribution in [0.4, 0.5) is 0 Å². The molecule has 2 heterocycles. The smallest absolute Gasteiger partial charge is 0.238 e. The predicted octanol–water partition coefficient (Wildman–Crippen LogP) is 1.72. The van der Waals surface area contributed by atoms with Gasteiger partial charge in [0.05, 0.1) is 11.6 Å². The summed E-state index contributed by atoms with van der Waals surface area (Å²) in [5, 5.41) is 13.4. The second kappa shape index (κ2) is 4.62. The monoisotopic (exact) mass is 260 g/mol. The molecular weight excluding hydrogens is 240 g/mol. The van der Waals surface area contributed by atoms with Crippen LogP contribution < -0.4 is 0 Å². The maximum atomic E-state index is 12.1. The number of aliphatic hydroxyl groups is 1. The number of carbonyl (C=O) groups excluding carboxylic acids is 1. The molecule has 0 spiro atoms. The van der Waals surface area contributed by atoms with E-state index < -0.39 is 0 Å². The molecule has 0 aromatic heterocycles. The molecule has 3 rings (SSSR count).